The molecule has 1 aliphatic rings. The first-order valence-electron chi connectivity index (χ1n) is 7.09. The minimum absolute atomic E-state index is 0.342. The molecule has 0 aliphatic heterocycles. The van der Waals surface area contributed by atoms with Gasteiger partial charge in [0, 0.05) is 31.4 Å². The first-order valence-corrected chi connectivity index (χ1v) is 7.09. The number of hydrogen-bond donors (Lipinski definition) is 2. The van der Waals surface area contributed by atoms with Gasteiger partial charge in [-0.3, -0.25) is 4.68 Å². The van der Waals surface area contributed by atoms with Crippen molar-refractivity contribution in [3.8, 4) is 0 Å². The average molecular weight is 271 g/mol. The van der Waals surface area contributed by atoms with Crippen LogP contribution in [0.5, 0.6) is 0 Å². The van der Waals surface area contributed by atoms with Crippen LogP contribution in [-0.4, -0.2) is 21.4 Å². The molecule has 1 aliphatic carbocycles. The number of hydrogen-bond acceptors (Lipinski definition) is 3. The van der Waals surface area contributed by atoms with E-state index in [1.807, 2.05) is 20.2 Å². The molecule has 1 aromatic carbocycles. The lowest BCUT2D eigenvalue weighted by atomic mass is 9.98. The number of fused-ring (bicyclic) bond motifs is 1. The van der Waals surface area contributed by atoms with Gasteiger partial charge >= 0.3 is 0 Å². The lowest BCUT2D eigenvalue weighted by Gasteiger charge is -2.25. The third kappa shape index (κ3) is 2.49. The van der Waals surface area contributed by atoms with E-state index in [1.165, 1.54) is 11.1 Å². The Bertz CT molecular complexity index is 603. The van der Waals surface area contributed by atoms with Gasteiger partial charge in [-0.15, -0.1) is 0 Å². The molecule has 1 heterocycles. The number of aliphatic hydroxyl groups is 1. The lowest BCUT2D eigenvalue weighted by Crippen LogP contribution is -2.36. The largest absolute Gasteiger partial charge is 0.384 e. The maximum absolute atomic E-state index is 10.6. The Kier molecular flexibility index (Phi) is 3.36. The molecule has 2 unspecified atom stereocenters. The molecule has 0 bridgehead atoms. The zero-order valence-corrected chi connectivity index (χ0v) is 12.0. The Morgan fingerprint density at radius 2 is 2.25 bits per heavy atom. The average Bonchev–Trinajstić information content (AvgIpc) is 3.03. The smallest absolute Gasteiger partial charge is 0.102 e. The molecular formula is C16H21N3O. The van der Waals surface area contributed by atoms with Gasteiger partial charge < -0.3 is 10.4 Å². The summed E-state index contributed by atoms with van der Waals surface area (Å²) in [5.41, 5.74) is 2.74. The molecule has 20 heavy (non-hydrogen) atoms. The van der Waals surface area contributed by atoms with Crippen molar-refractivity contribution < 1.29 is 5.11 Å². The molecule has 2 atom stereocenters. The molecule has 4 nitrogen and oxygen atoms in total. The summed E-state index contributed by atoms with van der Waals surface area (Å²) < 4.78 is 1.72. The molecule has 4 heteroatoms. The number of aromatic nitrogens is 2. The van der Waals surface area contributed by atoms with Gasteiger partial charge in [0.25, 0.3) is 0 Å². The highest BCUT2D eigenvalue weighted by Gasteiger charge is 2.28. The molecule has 0 amide bonds. The van der Waals surface area contributed by atoms with Crippen LogP contribution >= 0.6 is 0 Å². The summed E-state index contributed by atoms with van der Waals surface area (Å²) in [4.78, 5) is 0. The Hall–Kier alpha value is -1.65. The predicted molar refractivity (Wildman–Crippen MR) is 78.3 cm³/mol. The van der Waals surface area contributed by atoms with E-state index in [2.05, 4.69) is 34.7 Å². The Labute approximate surface area is 119 Å². The number of aryl methyl sites for hydroxylation is 2. The Balaban J connectivity index is 1.68. The highest BCUT2D eigenvalue weighted by molar-refractivity contribution is 5.34. The summed E-state index contributed by atoms with van der Waals surface area (Å²) in [6.45, 7) is 2.36. The van der Waals surface area contributed by atoms with Crippen molar-refractivity contribution in [3.63, 3.8) is 0 Å². The van der Waals surface area contributed by atoms with Crippen molar-refractivity contribution in [2.45, 2.75) is 31.4 Å². The summed E-state index contributed by atoms with van der Waals surface area (Å²) in [5.74, 6) is 0. The quantitative estimate of drug-likeness (QED) is 0.893. The number of benzene rings is 1. The second-order valence-electron chi connectivity index (χ2n) is 5.85. The first kappa shape index (κ1) is 13.3. The van der Waals surface area contributed by atoms with Crippen LogP contribution in [0.15, 0.2) is 36.7 Å². The summed E-state index contributed by atoms with van der Waals surface area (Å²) in [7, 11) is 1.86. The SMILES string of the molecule is Cn1cc(C(C)(O)CNC2CCc3ccccc32)cn1. The third-order valence-electron chi connectivity index (χ3n) is 4.15. The number of nitrogens with zero attached hydrogens (tertiary/aromatic N) is 2. The predicted octanol–water partition coefficient (Wildman–Crippen LogP) is 1.90. The van der Waals surface area contributed by atoms with Crippen molar-refractivity contribution >= 4 is 0 Å². The molecule has 0 saturated heterocycles. The van der Waals surface area contributed by atoms with Gasteiger partial charge in [0.2, 0.25) is 0 Å². The second-order valence-corrected chi connectivity index (χ2v) is 5.85. The second kappa shape index (κ2) is 5.04. The minimum atomic E-state index is -0.897. The monoisotopic (exact) mass is 271 g/mol. The van der Waals surface area contributed by atoms with Crippen LogP contribution in [0.2, 0.25) is 0 Å². The van der Waals surface area contributed by atoms with E-state index in [9.17, 15) is 5.11 Å². The van der Waals surface area contributed by atoms with Crippen LogP contribution in [0.25, 0.3) is 0 Å². The van der Waals surface area contributed by atoms with E-state index in [0.29, 0.717) is 12.6 Å². The van der Waals surface area contributed by atoms with Crippen molar-refractivity contribution in [1.82, 2.24) is 15.1 Å². The minimum Gasteiger partial charge on any atom is -0.384 e. The zero-order valence-electron chi connectivity index (χ0n) is 12.0. The van der Waals surface area contributed by atoms with E-state index in [4.69, 9.17) is 0 Å². The van der Waals surface area contributed by atoms with Gasteiger partial charge in [0.15, 0.2) is 0 Å². The molecule has 2 aromatic rings. The summed E-state index contributed by atoms with van der Waals surface area (Å²) in [6, 6.07) is 8.88. The molecule has 0 saturated carbocycles. The van der Waals surface area contributed by atoms with Crippen molar-refractivity contribution in [1.29, 1.82) is 0 Å². The van der Waals surface area contributed by atoms with Gasteiger partial charge in [-0.05, 0) is 30.9 Å². The standard InChI is InChI=1S/C16H21N3O/c1-16(20,13-9-18-19(2)10-13)11-17-15-8-7-12-5-3-4-6-14(12)15/h3-6,9-10,15,17,20H,7-8,11H2,1-2H3. The van der Waals surface area contributed by atoms with Crippen molar-refractivity contribution in [2.24, 2.45) is 7.05 Å². The third-order valence-corrected chi connectivity index (χ3v) is 4.15. The fourth-order valence-electron chi connectivity index (χ4n) is 2.89. The van der Waals surface area contributed by atoms with E-state index in [1.54, 1.807) is 10.9 Å². The van der Waals surface area contributed by atoms with Crippen LogP contribution in [0.4, 0.5) is 0 Å². The van der Waals surface area contributed by atoms with Crippen LogP contribution in [-0.2, 0) is 19.1 Å². The van der Waals surface area contributed by atoms with Gasteiger partial charge in [0.1, 0.15) is 5.60 Å². The molecule has 1 aromatic heterocycles. The fraction of sp³-hybridized carbons (Fsp3) is 0.438. The first-order chi connectivity index (χ1) is 9.56. The van der Waals surface area contributed by atoms with Crippen LogP contribution in [0.1, 0.15) is 36.1 Å². The highest BCUT2D eigenvalue weighted by atomic mass is 16.3. The van der Waals surface area contributed by atoms with Crippen molar-refractivity contribution in [2.75, 3.05) is 6.54 Å². The summed E-state index contributed by atoms with van der Waals surface area (Å²) >= 11 is 0. The summed E-state index contributed by atoms with van der Waals surface area (Å²) in [6.07, 6.45) is 5.81. The zero-order chi connectivity index (χ0) is 14.2. The molecule has 2 N–H and O–H groups in total. The summed E-state index contributed by atoms with van der Waals surface area (Å²) in [5, 5.41) is 18.2. The molecule has 0 fully saturated rings. The molecule has 3 rings (SSSR count). The Morgan fingerprint density at radius 3 is 3.00 bits per heavy atom. The van der Waals surface area contributed by atoms with Gasteiger partial charge in [-0.1, -0.05) is 24.3 Å². The van der Waals surface area contributed by atoms with E-state index in [-0.39, 0.29) is 0 Å². The Morgan fingerprint density at radius 1 is 1.45 bits per heavy atom. The number of rotatable bonds is 4. The topological polar surface area (TPSA) is 50.1 Å². The van der Waals surface area contributed by atoms with Crippen LogP contribution in [0.3, 0.4) is 0 Å². The highest BCUT2D eigenvalue weighted by Crippen LogP contribution is 2.31. The van der Waals surface area contributed by atoms with E-state index < -0.39 is 5.60 Å². The molecular weight excluding hydrogens is 250 g/mol. The molecule has 106 valence electrons. The van der Waals surface area contributed by atoms with Gasteiger partial charge in [-0.25, -0.2) is 0 Å². The molecule has 0 spiro atoms. The lowest BCUT2D eigenvalue weighted by molar-refractivity contribution is 0.0537. The fourth-order valence-corrected chi connectivity index (χ4v) is 2.89. The van der Waals surface area contributed by atoms with Crippen molar-refractivity contribution in [3.05, 3.63) is 53.3 Å². The molecule has 0 radical (unpaired) electrons. The van der Waals surface area contributed by atoms with Crippen LogP contribution < -0.4 is 5.32 Å². The van der Waals surface area contributed by atoms with Gasteiger partial charge in [-0.2, -0.15) is 5.10 Å². The van der Waals surface area contributed by atoms with E-state index in [0.717, 1.165) is 18.4 Å². The normalized spacial score (nSPS) is 20.6. The maximum atomic E-state index is 10.6. The van der Waals surface area contributed by atoms with E-state index >= 15 is 0 Å². The van der Waals surface area contributed by atoms with Crippen LogP contribution in [0, 0.1) is 0 Å². The number of nitrogens with one attached hydrogen (secondary N) is 1. The maximum Gasteiger partial charge on any atom is 0.102 e. The van der Waals surface area contributed by atoms with Gasteiger partial charge in [0.05, 0.1) is 6.20 Å².